The van der Waals surface area contributed by atoms with Gasteiger partial charge in [0.05, 0.1) is 6.10 Å². The Morgan fingerprint density at radius 3 is 2.14 bits per heavy atom. The van der Waals surface area contributed by atoms with E-state index < -0.39 is 6.10 Å². The molecule has 0 amide bonds. The lowest BCUT2D eigenvalue weighted by atomic mass is 10.00. The standard InChI is InChI=1S/C19H33NO/c1-5-6-7-8-9-16(4)20-14-19(21)18-12-10-17(11-13-18)15(2)3/h10-13,15-16,19-21H,5-9,14H2,1-4H3. The third kappa shape index (κ3) is 7.10. The first kappa shape index (κ1) is 18.2. The van der Waals surface area contributed by atoms with E-state index in [-0.39, 0.29) is 0 Å². The summed E-state index contributed by atoms with van der Waals surface area (Å²) >= 11 is 0. The van der Waals surface area contributed by atoms with Crippen molar-refractivity contribution in [1.82, 2.24) is 5.32 Å². The fraction of sp³-hybridized carbons (Fsp3) is 0.684. The number of hydrogen-bond acceptors (Lipinski definition) is 2. The van der Waals surface area contributed by atoms with Crippen molar-refractivity contribution in [3.63, 3.8) is 0 Å². The first-order valence-electron chi connectivity index (χ1n) is 8.55. The van der Waals surface area contributed by atoms with E-state index >= 15 is 0 Å². The molecule has 1 rings (SSSR count). The highest BCUT2D eigenvalue weighted by atomic mass is 16.3. The predicted octanol–water partition coefficient (Wildman–Crippen LogP) is 4.79. The summed E-state index contributed by atoms with van der Waals surface area (Å²) in [7, 11) is 0. The van der Waals surface area contributed by atoms with Crippen LogP contribution in [-0.2, 0) is 0 Å². The summed E-state index contributed by atoms with van der Waals surface area (Å²) in [6.07, 6.45) is 6.00. The highest BCUT2D eigenvalue weighted by molar-refractivity contribution is 5.26. The lowest BCUT2D eigenvalue weighted by molar-refractivity contribution is 0.169. The SMILES string of the molecule is CCCCCCC(C)NCC(O)c1ccc(C(C)C)cc1. The minimum absolute atomic E-state index is 0.413. The molecule has 2 atom stereocenters. The average molecular weight is 291 g/mol. The van der Waals surface area contributed by atoms with Gasteiger partial charge in [0, 0.05) is 12.6 Å². The van der Waals surface area contributed by atoms with Gasteiger partial charge in [0.2, 0.25) is 0 Å². The highest BCUT2D eigenvalue weighted by Crippen LogP contribution is 2.18. The van der Waals surface area contributed by atoms with Gasteiger partial charge in [-0.2, -0.15) is 0 Å². The molecule has 0 saturated heterocycles. The number of hydrogen-bond donors (Lipinski definition) is 2. The van der Waals surface area contributed by atoms with Crippen LogP contribution in [0.15, 0.2) is 24.3 Å². The number of nitrogens with one attached hydrogen (secondary N) is 1. The van der Waals surface area contributed by atoms with Gasteiger partial charge >= 0.3 is 0 Å². The van der Waals surface area contributed by atoms with Crippen LogP contribution < -0.4 is 5.32 Å². The topological polar surface area (TPSA) is 32.3 Å². The van der Waals surface area contributed by atoms with Crippen LogP contribution in [0.2, 0.25) is 0 Å². The van der Waals surface area contributed by atoms with Crippen LogP contribution in [0.4, 0.5) is 0 Å². The summed E-state index contributed by atoms with van der Waals surface area (Å²) in [5, 5.41) is 13.7. The molecule has 2 unspecified atom stereocenters. The second kappa shape index (κ2) is 9.97. The van der Waals surface area contributed by atoms with Crippen LogP contribution >= 0.6 is 0 Å². The molecule has 2 heteroatoms. The van der Waals surface area contributed by atoms with E-state index in [1.807, 2.05) is 12.1 Å². The first-order chi connectivity index (χ1) is 10.0. The molecule has 0 heterocycles. The molecular weight excluding hydrogens is 258 g/mol. The van der Waals surface area contributed by atoms with Crippen LogP contribution in [0.1, 0.15) is 82.9 Å². The van der Waals surface area contributed by atoms with Crippen molar-refractivity contribution in [2.24, 2.45) is 0 Å². The Balaban J connectivity index is 2.30. The third-order valence-electron chi connectivity index (χ3n) is 4.14. The molecule has 1 aromatic rings. The number of aliphatic hydroxyl groups is 1. The molecule has 120 valence electrons. The smallest absolute Gasteiger partial charge is 0.0914 e. The maximum absolute atomic E-state index is 10.2. The van der Waals surface area contributed by atoms with Gasteiger partial charge in [-0.25, -0.2) is 0 Å². The Labute approximate surface area is 131 Å². The quantitative estimate of drug-likeness (QED) is 0.607. The minimum atomic E-state index is -0.413. The van der Waals surface area contributed by atoms with E-state index in [9.17, 15) is 5.11 Å². The molecule has 0 aliphatic rings. The van der Waals surface area contributed by atoms with Crippen LogP contribution in [0.3, 0.4) is 0 Å². The zero-order valence-corrected chi connectivity index (χ0v) is 14.2. The summed E-state index contributed by atoms with van der Waals surface area (Å²) in [6.45, 7) is 9.46. The fourth-order valence-electron chi connectivity index (χ4n) is 2.51. The van der Waals surface area contributed by atoms with E-state index in [2.05, 4.69) is 45.1 Å². The van der Waals surface area contributed by atoms with Gasteiger partial charge in [-0.05, 0) is 30.4 Å². The maximum Gasteiger partial charge on any atom is 0.0914 e. The monoisotopic (exact) mass is 291 g/mol. The van der Waals surface area contributed by atoms with Crippen molar-refractivity contribution in [1.29, 1.82) is 0 Å². The lowest BCUT2D eigenvalue weighted by Gasteiger charge is -2.18. The molecule has 0 saturated carbocycles. The average Bonchev–Trinajstić information content (AvgIpc) is 2.49. The third-order valence-corrected chi connectivity index (χ3v) is 4.14. The van der Waals surface area contributed by atoms with Crippen molar-refractivity contribution in [2.45, 2.75) is 77.9 Å². The van der Waals surface area contributed by atoms with Crippen molar-refractivity contribution in [3.05, 3.63) is 35.4 Å². The highest BCUT2D eigenvalue weighted by Gasteiger charge is 2.10. The molecule has 21 heavy (non-hydrogen) atoms. The molecule has 0 fully saturated rings. The fourth-order valence-corrected chi connectivity index (χ4v) is 2.51. The molecule has 1 aromatic carbocycles. The van der Waals surface area contributed by atoms with Gasteiger partial charge in [-0.1, -0.05) is 70.7 Å². The molecule has 0 bridgehead atoms. The largest absolute Gasteiger partial charge is 0.387 e. The lowest BCUT2D eigenvalue weighted by Crippen LogP contribution is -2.30. The second-order valence-electron chi connectivity index (χ2n) is 6.50. The summed E-state index contributed by atoms with van der Waals surface area (Å²) in [6, 6.07) is 8.82. The van der Waals surface area contributed by atoms with Gasteiger partial charge in [0.25, 0.3) is 0 Å². The molecule has 0 aliphatic heterocycles. The van der Waals surface area contributed by atoms with Crippen molar-refractivity contribution >= 4 is 0 Å². The molecular formula is C19H33NO. The Bertz CT molecular complexity index is 372. The molecule has 0 aliphatic carbocycles. The van der Waals surface area contributed by atoms with Crippen molar-refractivity contribution in [2.75, 3.05) is 6.54 Å². The van der Waals surface area contributed by atoms with Crippen molar-refractivity contribution < 1.29 is 5.11 Å². The first-order valence-corrected chi connectivity index (χ1v) is 8.55. The summed E-state index contributed by atoms with van der Waals surface area (Å²) in [4.78, 5) is 0. The van der Waals surface area contributed by atoms with Gasteiger partial charge in [-0.3, -0.25) is 0 Å². The Morgan fingerprint density at radius 1 is 0.952 bits per heavy atom. The van der Waals surface area contributed by atoms with Crippen LogP contribution in [0.5, 0.6) is 0 Å². The van der Waals surface area contributed by atoms with Crippen LogP contribution in [0, 0.1) is 0 Å². The zero-order chi connectivity index (χ0) is 15.7. The van der Waals surface area contributed by atoms with Crippen LogP contribution in [-0.4, -0.2) is 17.7 Å². The van der Waals surface area contributed by atoms with Gasteiger partial charge in [-0.15, -0.1) is 0 Å². The molecule has 0 aromatic heterocycles. The van der Waals surface area contributed by atoms with Crippen molar-refractivity contribution in [3.8, 4) is 0 Å². The number of benzene rings is 1. The van der Waals surface area contributed by atoms with Gasteiger partial charge < -0.3 is 10.4 Å². The minimum Gasteiger partial charge on any atom is -0.387 e. The van der Waals surface area contributed by atoms with E-state index in [0.29, 0.717) is 18.5 Å². The normalized spacial score (nSPS) is 14.4. The Morgan fingerprint density at radius 2 is 1.57 bits per heavy atom. The number of unbranched alkanes of at least 4 members (excludes halogenated alkanes) is 3. The maximum atomic E-state index is 10.2. The van der Waals surface area contributed by atoms with E-state index in [4.69, 9.17) is 0 Å². The van der Waals surface area contributed by atoms with Crippen LogP contribution in [0.25, 0.3) is 0 Å². The summed E-state index contributed by atoms with van der Waals surface area (Å²) in [5.74, 6) is 0.539. The summed E-state index contributed by atoms with van der Waals surface area (Å²) in [5.41, 5.74) is 2.33. The predicted molar refractivity (Wildman–Crippen MR) is 91.7 cm³/mol. The molecule has 0 spiro atoms. The molecule has 2 nitrogen and oxygen atoms in total. The molecule has 2 N–H and O–H groups in total. The Kier molecular flexibility index (Phi) is 8.63. The van der Waals surface area contributed by atoms with E-state index in [1.54, 1.807) is 0 Å². The number of aliphatic hydroxyl groups excluding tert-OH is 1. The zero-order valence-electron chi connectivity index (χ0n) is 14.2. The second-order valence-corrected chi connectivity index (χ2v) is 6.50. The summed E-state index contributed by atoms with van der Waals surface area (Å²) < 4.78 is 0. The van der Waals surface area contributed by atoms with E-state index in [0.717, 1.165) is 5.56 Å². The van der Waals surface area contributed by atoms with Gasteiger partial charge in [0.15, 0.2) is 0 Å². The van der Waals surface area contributed by atoms with E-state index in [1.165, 1.54) is 37.7 Å². The number of rotatable bonds is 10. The Hall–Kier alpha value is -0.860. The molecule has 0 radical (unpaired) electrons. The van der Waals surface area contributed by atoms with Gasteiger partial charge in [0.1, 0.15) is 0 Å².